The zero-order chi connectivity index (χ0) is 15.2. The van der Waals surface area contributed by atoms with E-state index in [2.05, 4.69) is 10.0 Å². The summed E-state index contributed by atoms with van der Waals surface area (Å²) in [5, 5.41) is 3.23. The van der Waals surface area contributed by atoms with E-state index in [1.165, 1.54) is 0 Å². The lowest BCUT2D eigenvalue weighted by Crippen LogP contribution is -2.28. The fourth-order valence-electron chi connectivity index (χ4n) is 2.02. The predicted molar refractivity (Wildman–Crippen MR) is 83.3 cm³/mol. The van der Waals surface area contributed by atoms with Crippen molar-refractivity contribution in [3.05, 3.63) is 24.3 Å². The van der Waals surface area contributed by atoms with Gasteiger partial charge in [0.25, 0.3) is 0 Å². The molecule has 0 spiro atoms. The molecule has 0 saturated heterocycles. The van der Waals surface area contributed by atoms with E-state index < -0.39 is 10.0 Å². The lowest BCUT2D eigenvalue weighted by atomic mass is 10.1. The SMILES string of the molecule is CCCNS(=O)(=O)c1ccccc1NC(C)CC(C)N. The first-order chi connectivity index (χ1) is 9.36. The van der Waals surface area contributed by atoms with Crippen molar-refractivity contribution in [3.63, 3.8) is 0 Å². The van der Waals surface area contributed by atoms with E-state index in [-0.39, 0.29) is 17.0 Å². The Morgan fingerprint density at radius 3 is 2.50 bits per heavy atom. The highest BCUT2D eigenvalue weighted by molar-refractivity contribution is 7.89. The van der Waals surface area contributed by atoms with Crippen molar-refractivity contribution >= 4 is 15.7 Å². The second-order valence-corrected chi connectivity index (χ2v) is 6.89. The molecule has 0 aliphatic heterocycles. The van der Waals surface area contributed by atoms with Crippen LogP contribution in [0, 0.1) is 0 Å². The third kappa shape index (κ3) is 5.11. The number of para-hydroxylation sites is 1. The molecule has 0 fully saturated rings. The Bertz CT molecular complexity index is 515. The molecule has 0 saturated carbocycles. The van der Waals surface area contributed by atoms with Crippen molar-refractivity contribution in [2.45, 2.75) is 50.6 Å². The molecule has 4 N–H and O–H groups in total. The zero-order valence-corrected chi connectivity index (χ0v) is 13.2. The molecule has 0 radical (unpaired) electrons. The number of rotatable bonds is 8. The first-order valence-electron chi connectivity index (χ1n) is 6.97. The van der Waals surface area contributed by atoms with Gasteiger partial charge in [-0.15, -0.1) is 0 Å². The molecule has 1 aromatic carbocycles. The molecular weight excluding hydrogens is 274 g/mol. The smallest absolute Gasteiger partial charge is 0.242 e. The molecular formula is C14H25N3O2S. The number of sulfonamides is 1. The highest BCUT2D eigenvalue weighted by Crippen LogP contribution is 2.22. The van der Waals surface area contributed by atoms with Gasteiger partial charge >= 0.3 is 0 Å². The molecule has 6 heteroatoms. The minimum absolute atomic E-state index is 0.0690. The average molecular weight is 299 g/mol. The van der Waals surface area contributed by atoms with Gasteiger partial charge in [-0.2, -0.15) is 0 Å². The van der Waals surface area contributed by atoms with E-state index >= 15 is 0 Å². The summed E-state index contributed by atoms with van der Waals surface area (Å²) in [6, 6.07) is 7.11. The summed E-state index contributed by atoms with van der Waals surface area (Å²) in [6.45, 7) is 6.29. The Morgan fingerprint density at radius 2 is 1.90 bits per heavy atom. The molecule has 2 unspecified atom stereocenters. The monoisotopic (exact) mass is 299 g/mol. The quantitative estimate of drug-likeness (QED) is 0.684. The topological polar surface area (TPSA) is 84.2 Å². The van der Waals surface area contributed by atoms with Crippen LogP contribution < -0.4 is 15.8 Å². The van der Waals surface area contributed by atoms with Gasteiger partial charge in [-0.25, -0.2) is 13.1 Å². The summed E-state index contributed by atoms with van der Waals surface area (Å²) in [4.78, 5) is 0.282. The van der Waals surface area contributed by atoms with Gasteiger partial charge in [0.2, 0.25) is 10.0 Å². The van der Waals surface area contributed by atoms with Gasteiger partial charge in [0.1, 0.15) is 4.90 Å². The Kier molecular flexibility index (Phi) is 6.45. The van der Waals surface area contributed by atoms with Gasteiger partial charge in [0, 0.05) is 18.6 Å². The summed E-state index contributed by atoms with van der Waals surface area (Å²) >= 11 is 0. The molecule has 0 bridgehead atoms. The molecule has 5 nitrogen and oxygen atoms in total. The first-order valence-corrected chi connectivity index (χ1v) is 8.46. The van der Waals surface area contributed by atoms with Crippen LogP contribution in [0.2, 0.25) is 0 Å². The van der Waals surface area contributed by atoms with E-state index in [1.807, 2.05) is 26.8 Å². The number of nitrogens with one attached hydrogen (secondary N) is 2. The molecule has 0 amide bonds. The second kappa shape index (κ2) is 7.61. The summed E-state index contributed by atoms with van der Waals surface area (Å²) in [5.41, 5.74) is 6.38. The van der Waals surface area contributed by atoms with E-state index in [0.29, 0.717) is 12.2 Å². The lowest BCUT2D eigenvalue weighted by molar-refractivity contribution is 0.580. The van der Waals surface area contributed by atoms with E-state index in [9.17, 15) is 8.42 Å². The zero-order valence-electron chi connectivity index (χ0n) is 12.4. The molecule has 0 heterocycles. The van der Waals surface area contributed by atoms with E-state index in [1.54, 1.807) is 18.2 Å². The Balaban J connectivity index is 2.93. The minimum atomic E-state index is -3.47. The summed E-state index contributed by atoms with van der Waals surface area (Å²) < 4.78 is 27.1. The fourth-order valence-corrected chi connectivity index (χ4v) is 3.32. The standard InChI is InChI=1S/C14H25N3O2S/c1-4-9-16-20(18,19)14-8-6-5-7-13(14)17-12(3)10-11(2)15/h5-8,11-12,16-17H,4,9-10,15H2,1-3H3. The number of anilines is 1. The van der Waals surface area contributed by atoms with Gasteiger partial charge in [-0.1, -0.05) is 19.1 Å². The van der Waals surface area contributed by atoms with Crippen molar-refractivity contribution in [1.82, 2.24) is 4.72 Å². The van der Waals surface area contributed by atoms with Crippen LogP contribution in [-0.4, -0.2) is 27.0 Å². The van der Waals surface area contributed by atoms with Crippen LogP contribution in [0.4, 0.5) is 5.69 Å². The molecule has 20 heavy (non-hydrogen) atoms. The van der Waals surface area contributed by atoms with Crippen LogP contribution in [0.3, 0.4) is 0 Å². The van der Waals surface area contributed by atoms with Crippen LogP contribution in [0.5, 0.6) is 0 Å². The van der Waals surface area contributed by atoms with Crippen molar-refractivity contribution in [2.24, 2.45) is 5.73 Å². The van der Waals surface area contributed by atoms with E-state index in [4.69, 9.17) is 5.73 Å². The minimum Gasteiger partial charge on any atom is -0.381 e. The number of benzene rings is 1. The summed E-state index contributed by atoms with van der Waals surface area (Å²) in [5.74, 6) is 0. The maximum atomic E-state index is 12.2. The second-order valence-electron chi connectivity index (χ2n) is 5.15. The highest BCUT2D eigenvalue weighted by atomic mass is 32.2. The number of hydrogen-bond donors (Lipinski definition) is 3. The van der Waals surface area contributed by atoms with Gasteiger partial charge in [-0.05, 0) is 38.8 Å². The molecule has 0 aliphatic rings. The first kappa shape index (κ1) is 16.9. The van der Waals surface area contributed by atoms with E-state index in [0.717, 1.165) is 12.8 Å². The Morgan fingerprint density at radius 1 is 1.25 bits per heavy atom. The largest absolute Gasteiger partial charge is 0.381 e. The highest BCUT2D eigenvalue weighted by Gasteiger charge is 2.18. The fraction of sp³-hybridized carbons (Fsp3) is 0.571. The number of hydrogen-bond acceptors (Lipinski definition) is 4. The maximum absolute atomic E-state index is 12.2. The maximum Gasteiger partial charge on any atom is 0.242 e. The lowest BCUT2D eigenvalue weighted by Gasteiger charge is -2.19. The molecule has 1 rings (SSSR count). The van der Waals surface area contributed by atoms with Crippen LogP contribution in [0.25, 0.3) is 0 Å². The third-order valence-corrected chi connectivity index (χ3v) is 4.37. The Labute approximate surface area is 122 Å². The molecule has 0 aliphatic carbocycles. The van der Waals surface area contributed by atoms with Gasteiger partial charge in [0.05, 0.1) is 5.69 Å². The average Bonchev–Trinajstić information content (AvgIpc) is 2.36. The van der Waals surface area contributed by atoms with Crippen LogP contribution in [0.15, 0.2) is 29.2 Å². The van der Waals surface area contributed by atoms with Crippen molar-refractivity contribution < 1.29 is 8.42 Å². The van der Waals surface area contributed by atoms with Gasteiger partial charge in [0.15, 0.2) is 0 Å². The third-order valence-electron chi connectivity index (χ3n) is 2.85. The van der Waals surface area contributed by atoms with Gasteiger partial charge in [-0.3, -0.25) is 0 Å². The van der Waals surface area contributed by atoms with Crippen LogP contribution >= 0.6 is 0 Å². The summed E-state index contributed by atoms with van der Waals surface area (Å²) in [7, 11) is -3.47. The van der Waals surface area contributed by atoms with Crippen molar-refractivity contribution in [2.75, 3.05) is 11.9 Å². The van der Waals surface area contributed by atoms with Gasteiger partial charge < -0.3 is 11.1 Å². The predicted octanol–water partition coefficient (Wildman–Crippen LogP) is 1.91. The molecule has 114 valence electrons. The molecule has 1 aromatic rings. The van der Waals surface area contributed by atoms with Crippen molar-refractivity contribution in [1.29, 1.82) is 0 Å². The van der Waals surface area contributed by atoms with Crippen molar-refractivity contribution in [3.8, 4) is 0 Å². The molecule has 0 aromatic heterocycles. The summed E-state index contributed by atoms with van der Waals surface area (Å²) in [6.07, 6.45) is 1.53. The van der Waals surface area contributed by atoms with Crippen LogP contribution in [0.1, 0.15) is 33.6 Å². The number of nitrogens with two attached hydrogens (primary N) is 1. The Hall–Kier alpha value is -1.11. The van der Waals surface area contributed by atoms with Crippen LogP contribution in [-0.2, 0) is 10.0 Å². The molecule has 2 atom stereocenters. The normalized spacial score (nSPS) is 14.8.